The van der Waals surface area contributed by atoms with Crippen LogP contribution in [0.1, 0.15) is 77.6 Å². The second-order valence-corrected chi connectivity index (χ2v) is 9.69. The first-order valence-corrected chi connectivity index (χ1v) is 12.6. The minimum absolute atomic E-state index is 0.0196. The highest BCUT2D eigenvalue weighted by Crippen LogP contribution is 2.53. The Bertz CT molecular complexity index is 830. The number of hydrogen-bond acceptors (Lipinski definition) is 3. The van der Waals surface area contributed by atoms with Crippen molar-refractivity contribution < 1.29 is 14.4 Å². The monoisotopic (exact) mass is 436 g/mol. The van der Waals surface area contributed by atoms with Gasteiger partial charge in [0.15, 0.2) is 0 Å². The summed E-state index contributed by atoms with van der Waals surface area (Å²) < 4.78 is 0. The van der Waals surface area contributed by atoms with Gasteiger partial charge in [0.05, 0.1) is 17.5 Å². The van der Waals surface area contributed by atoms with Gasteiger partial charge in [0.2, 0.25) is 17.7 Å². The van der Waals surface area contributed by atoms with Crippen LogP contribution in [0.25, 0.3) is 0 Å². The van der Waals surface area contributed by atoms with Gasteiger partial charge in [0.25, 0.3) is 0 Å². The van der Waals surface area contributed by atoms with Crippen molar-refractivity contribution in [1.29, 1.82) is 0 Å². The van der Waals surface area contributed by atoms with E-state index in [0.29, 0.717) is 17.8 Å². The normalized spacial score (nSPS) is 25.6. The molecule has 32 heavy (non-hydrogen) atoms. The molecule has 1 saturated heterocycles. The number of amides is 3. The number of unbranched alkanes of at least 4 members (excludes halogenated alkanes) is 8. The molecule has 3 amide bonds. The average Bonchev–Trinajstić information content (AvgIpc) is 3.47. The van der Waals surface area contributed by atoms with Gasteiger partial charge < -0.3 is 5.32 Å². The van der Waals surface area contributed by atoms with Crippen LogP contribution in [0.15, 0.2) is 36.4 Å². The molecule has 0 aromatic heterocycles. The Labute approximate surface area is 191 Å². The van der Waals surface area contributed by atoms with E-state index in [-0.39, 0.29) is 41.4 Å². The van der Waals surface area contributed by atoms with Gasteiger partial charge in [-0.3, -0.25) is 19.3 Å². The van der Waals surface area contributed by atoms with Crippen LogP contribution in [-0.2, 0) is 14.4 Å². The molecular formula is C27H36N2O3. The van der Waals surface area contributed by atoms with Gasteiger partial charge in [-0.2, -0.15) is 0 Å². The molecule has 1 heterocycles. The summed E-state index contributed by atoms with van der Waals surface area (Å²) in [6.45, 7) is 2.24. The summed E-state index contributed by atoms with van der Waals surface area (Å²) in [7, 11) is 0. The number of imide groups is 1. The van der Waals surface area contributed by atoms with Crippen molar-refractivity contribution in [2.75, 3.05) is 10.2 Å². The molecule has 1 aromatic rings. The molecule has 2 bridgehead atoms. The Kier molecular flexibility index (Phi) is 7.44. The number of hydrogen-bond donors (Lipinski definition) is 1. The fourth-order valence-electron chi connectivity index (χ4n) is 5.67. The van der Waals surface area contributed by atoms with Gasteiger partial charge in [0, 0.05) is 12.1 Å². The van der Waals surface area contributed by atoms with Gasteiger partial charge in [-0.15, -0.1) is 0 Å². The van der Waals surface area contributed by atoms with E-state index in [1.54, 1.807) is 24.3 Å². The fourth-order valence-corrected chi connectivity index (χ4v) is 5.67. The van der Waals surface area contributed by atoms with Crippen molar-refractivity contribution in [2.45, 2.75) is 77.6 Å². The molecule has 4 atom stereocenters. The number of carbonyl (C=O) groups excluding carboxylic acids is 3. The van der Waals surface area contributed by atoms with Gasteiger partial charge in [-0.1, -0.05) is 70.4 Å². The summed E-state index contributed by atoms with van der Waals surface area (Å²) >= 11 is 0. The summed E-state index contributed by atoms with van der Waals surface area (Å²) in [5.74, 6) is -0.0669. The molecule has 1 aliphatic heterocycles. The van der Waals surface area contributed by atoms with E-state index < -0.39 is 0 Å². The van der Waals surface area contributed by atoms with Crippen LogP contribution in [0.3, 0.4) is 0 Å². The molecular weight excluding hydrogens is 400 g/mol. The molecule has 4 rings (SSSR count). The second kappa shape index (κ2) is 10.5. The summed E-state index contributed by atoms with van der Waals surface area (Å²) in [6.07, 6.45) is 16.7. The van der Waals surface area contributed by atoms with Crippen LogP contribution >= 0.6 is 0 Å². The minimum Gasteiger partial charge on any atom is -0.326 e. The van der Waals surface area contributed by atoms with Crippen LogP contribution in [0.2, 0.25) is 0 Å². The molecule has 5 nitrogen and oxygen atoms in total. The quantitative estimate of drug-likeness (QED) is 0.254. The molecule has 5 heteroatoms. The number of allylic oxidation sites excluding steroid dienone is 2. The summed E-state index contributed by atoms with van der Waals surface area (Å²) in [4.78, 5) is 39.4. The Balaban J connectivity index is 1.19. The summed E-state index contributed by atoms with van der Waals surface area (Å²) in [6, 6.07) is 7.09. The van der Waals surface area contributed by atoms with Crippen molar-refractivity contribution >= 4 is 29.1 Å². The maximum Gasteiger partial charge on any atom is 0.238 e. The lowest BCUT2D eigenvalue weighted by atomic mass is 9.85. The van der Waals surface area contributed by atoms with Gasteiger partial charge in [0.1, 0.15) is 0 Å². The number of benzene rings is 1. The summed E-state index contributed by atoms with van der Waals surface area (Å²) in [5, 5.41) is 2.93. The lowest BCUT2D eigenvalue weighted by molar-refractivity contribution is -0.123. The molecule has 0 spiro atoms. The third kappa shape index (κ3) is 4.82. The lowest BCUT2D eigenvalue weighted by Crippen LogP contribution is -2.32. The molecule has 1 N–H and O–H groups in total. The van der Waals surface area contributed by atoms with Crippen molar-refractivity contribution in [2.24, 2.45) is 23.7 Å². The average molecular weight is 437 g/mol. The van der Waals surface area contributed by atoms with Gasteiger partial charge >= 0.3 is 0 Å². The zero-order valence-electron chi connectivity index (χ0n) is 19.2. The number of fused-ring (bicyclic) bond motifs is 5. The zero-order valence-corrected chi connectivity index (χ0v) is 19.2. The molecule has 172 valence electrons. The minimum atomic E-state index is -0.187. The predicted molar refractivity (Wildman–Crippen MR) is 127 cm³/mol. The highest BCUT2D eigenvalue weighted by atomic mass is 16.2. The maximum atomic E-state index is 12.9. The standard InChI is InChI=1S/C27H36N2O3/c1-2-3-4-5-6-7-8-9-10-11-23(30)28-21-14-16-22(17-15-21)29-26(31)24-19-12-13-20(18-19)25(24)27(29)32/h12-17,19-20,24-25H,2-11,18H2,1H3,(H,28,30)/t19-,20-,24-,25-/m0/s1. The zero-order chi connectivity index (χ0) is 22.5. The Morgan fingerprint density at radius 1 is 0.844 bits per heavy atom. The molecule has 0 unspecified atom stereocenters. The first-order chi connectivity index (χ1) is 15.6. The lowest BCUT2D eigenvalue weighted by Gasteiger charge is -2.17. The Hall–Kier alpha value is -2.43. The molecule has 1 saturated carbocycles. The number of nitrogens with one attached hydrogen (secondary N) is 1. The number of carbonyl (C=O) groups is 3. The molecule has 2 aliphatic carbocycles. The third-order valence-electron chi connectivity index (χ3n) is 7.39. The number of rotatable bonds is 12. The van der Waals surface area contributed by atoms with Crippen LogP contribution in [0, 0.1) is 23.7 Å². The third-order valence-corrected chi connectivity index (χ3v) is 7.39. The smallest absolute Gasteiger partial charge is 0.238 e. The van der Waals surface area contributed by atoms with Crippen molar-refractivity contribution in [3.63, 3.8) is 0 Å². The van der Waals surface area contributed by atoms with E-state index in [2.05, 4.69) is 24.4 Å². The highest BCUT2D eigenvalue weighted by Gasteiger charge is 2.59. The number of nitrogens with zero attached hydrogens (tertiary/aromatic N) is 1. The van der Waals surface area contributed by atoms with Crippen molar-refractivity contribution in [3.05, 3.63) is 36.4 Å². The van der Waals surface area contributed by atoms with E-state index in [1.807, 2.05) is 0 Å². The second-order valence-electron chi connectivity index (χ2n) is 9.69. The molecule has 1 aromatic carbocycles. The Morgan fingerprint density at radius 2 is 1.38 bits per heavy atom. The van der Waals surface area contributed by atoms with E-state index in [1.165, 1.54) is 49.8 Å². The van der Waals surface area contributed by atoms with Crippen LogP contribution < -0.4 is 10.2 Å². The van der Waals surface area contributed by atoms with E-state index in [9.17, 15) is 14.4 Å². The molecule has 0 radical (unpaired) electrons. The van der Waals surface area contributed by atoms with Crippen molar-refractivity contribution in [1.82, 2.24) is 0 Å². The van der Waals surface area contributed by atoms with Crippen molar-refractivity contribution in [3.8, 4) is 0 Å². The van der Waals surface area contributed by atoms with E-state index in [0.717, 1.165) is 19.3 Å². The largest absolute Gasteiger partial charge is 0.326 e. The molecule has 3 aliphatic rings. The van der Waals surface area contributed by atoms with Gasteiger partial charge in [-0.05, 0) is 48.9 Å². The fraction of sp³-hybridized carbons (Fsp3) is 0.593. The van der Waals surface area contributed by atoms with E-state index in [4.69, 9.17) is 0 Å². The predicted octanol–water partition coefficient (Wildman–Crippen LogP) is 5.86. The van der Waals surface area contributed by atoms with Crippen LogP contribution in [-0.4, -0.2) is 17.7 Å². The first-order valence-electron chi connectivity index (χ1n) is 12.6. The SMILES string of the molecule is CCCCCCCCCCCC(=O)Nc1ccc(N2C(=O)[C@@H]3[C@@H](C2=O)[C@H]2C=C[C@H]3C2)cc1. The van der Waals surface area contributed by atoms with Crippen LogP contribution in [0.5, 0.6) is 0 Å². The molecule has 2 fully saturated rings. The first kappa shape index (κ1) is 22.8. The summed E-state index contributed by atoms with van der Waals surface area (Å²) in [5.41, 5.74) is 1.31. The van der Waals surface area contributed by atoms with Crippen LogP contribution in [0.4, 0.5) is 11.4 Å². The Morgan fingerprint density at radius 3 is 1.94 bits per heavy atom. The van der Waals surface area contributed by atoms with Gasteiger partial charge in [-0.25, -0.2) is 0 Å². The van der Waals surface area contributed by atoms with E-state index >= 15 is 0 Å². The maximum absolute atomic E-state index is 12.9. The number of anilines is 2. The topological polar surface area (TPSA) is 66.5 Å². The highest BCUT2D eigenvalue weighted by molar-refractivity contribution is 6.22.